The van der Waals surface area contributed by atoms with Crippen LogP contribution >= 0.6 is 0 Å². The SMILES string of the molecule is CC(C)CCCC(C)CCCC(C)(C)CCCCCC(=O)O. The first-order valence-corrected chi connectivity index (χ1v) is 9.45. The summed E-state index contributed by atoms with van der Waals surface area (Å²) in [6, 6.07) is 0. The van der Waals surface area contributed by atoms with Gasteiger partial charge in [0.15, 0.2) is 0 Å². The number of carboxylic acid groups (broad SMARTS) is 1. The second kappa shape index (κ2) is 12.0. The molecular formula is C20H40O2. The molecule has 0 aliphatic rings. The predicted octanol–water partition coefficient (Wildman–Crippen LogP) is 6.68. The van der Waals surface area contributed by atoms with Gasteiger partial charge in [-0.2, -0.15) is 0 Å². The molecule has 0 rings (SSSR count). The van der Waals surface area contributed by atoms with Crippen LogP contribution in [0, 0.1) is 17.3 Å². The molecule has 0 amide bonds. The molecule has 0 saturated carbocycles. The lowest BCUT2D eigenvalue weighted by molar-refractivity contribution is -0.137. The minimum absolute atomic E-state index is 0.328. The number of rotatable bonds is 14. The van der Waals surface area contributed by atoms with E-state index in [0.717, 1.165) is 24.7 Å². The van der Waals surface area contributed by atoms with Gasteiger partial charge in [-0.05, 0) is 36.5 Å². The van der Waals surface area contributed by atoms with E-state index in [1.165, 1.54) is 51.4 Å². The van der Waals surface area contributed by atoms with Crippen molar-refractivity contribution in [2.75, 3.05) is 0 Å². The van der Waals surface area contributed by atoms with Crippen LogP contribution in [-0.4, -0.2) is 11.1 Å². The lowest BCUT2D eigenvalue weighted by Gasteiger charge is -2.25. The molecule has 0 bridgehead atoms. The van der Waals surface area contributed by atoms with Crippen molar-refractivity contribution in [1.82, 2.24) is 0 Å². The highest BCUT2D eigenvalue weighted by molar-refractivity contribution is 5.66. The van der Waals surface area contributed by atoms with Crippen molar-refractivity contribution < 1.29 is 9.90 Å². The van der Waals surface area contributed by atoms with E-state index in [2.05, 4.69) is 34.6 Å². The molecule has 0 aliphatic heterocycles. The zero-order chi connectivity index (χ0) is 17.0. The Kier molecular flexibility index (Phi) is 11.7. The van der Waals surface area contributed by atoms with Gasteiger partial charge in [-0.15, -0.1) is 0 Å². The van der Waals surface area contributed by atoms with E-state index in [1.807, 2.05) is 0 Å². The molecule has 1 unspecified atom stereocenters. The van der Waals surface area contributed by atoms with Crippen LogP contribution in [0.15, 0.2) is 0 Å². The molecule has 0 spiro atoms. The van der Waals surface area contributed by atoms with Crippen molar-refractivity contribution >= 4 is 5.97 Å². The molecule has 0 saturated heterocycles. The Morgan fingerprint density at radius 3 is 2.05 bits per heavy atom. The first-order valence-electron chi connectivity index (χ1n) is 9.45. The molecule has 1 N–H and O–H groups in total. The van der Waals surface area contributed by atoms with E-state index in [-0.39, 0.29) is 0 Å². The highest BCUT2D eigenvalue weighted by Crippen LogP contribution is 2.31. The van der Waals surface area contributed by atoms with Crippen LogP contribution in [0.4, 0.5) is 0 Å². The van der Waals surface area contributed by atoms with Gasteiger partial charge in [-0.3, -0.25) is 4.79 Å². The molecule has 2 heteroatoms. The van der Waals surface area contributed by atoms with Gasteiger partial charge in [-0.1, -0.05) is 79.6 Å². The standard InChI is InChI=1S/C20H40O2/c1-17(2)11-9-12-18(3)13-10-16-20(4,5)15-8-6-7-14-19(21)22/h17-18H,6-16H2,1-5H3,(H,21,22). The number of unbranched alkanes of at least 4 members (excludes halogenated alkanes) is 2. The lowest BCUT2D eigenvalue weighted by Crippen LogP contribution is -2.12. The Labute approximate surface area is 139 Å². The van der Waals surface area contributed by atoms with Crippen molar-refractivity contribution in [1.29, 1.82) is 0 Å². The summed E-state index contributed by atoms with van der Waals surface area (Å²) in [5.74, 6) is 1.04. The maximum Gasteiger partial charge on any atom is 0.303 e. The second-order valence-corrected chi connectivity index (χ2v) is 8.44. The Morgan fingerprint density at radius 1 is 0.864 bits per heavy atom. The van der Waals surface area contributed by atoms with Crippen LogP contribution < -0.4 is 0 Å². The Morgan fingerprint density at radius 2 is 1.45 bits per heavy atom. The van der Waals surface area contributed by atoms with E-state index < -0.39 is 5.97 Å². The van der Waals surface area contributed by atoms with Crippen LogP contribution in [0.3, 0.4) is 0 Å². The third-order valence-corrected chi connectivity index (χ3v) is 4.77. The topological polar surface area (TPSA) is 37.3 Å². The van der Waals surface area contributed by atoms with Gasteiger partial charge in [0.1, 0.15) is 0 Å². The predicted molar refractivity (Wildman–Crippen MR) is 96.2 cm³/mol. The summed E-state index contributed by atoms with van der Waals surface area (Å²) in [6.07, 6.45) is 12.8. The fraction of sp³-hybridized carbons (Fsp3) is 0.950. The minimum Gasteiger partial charge on any atom is -0.481 e. The van der Waals surface area contributed by atoms with Crippen LogP contribution in [0.25, 0.3) is 0 Å². The average molecular weight is 313 g/mol. The number of carboxylic acids is 1. The van der Waals surface area contributed by atoms with Gasteiger partial charge >= 0.3 is 5.97 Å². The molecule has 132 valence electrons. The highest BCUT2D eigenvalue weighted by atomic mass is 16.4. The van der Waals surface area contributed by atoms with E-state index in [1.54, 1.807) is 0 Å². The number of aliphatic carboxylic acids is 1. The van der Waals surface area contributed by atoms with Crippen molar-refractivity contribution in [2.24, 2.45) is 17.3 Å². The molecule has 22 heavy (non-hydrogen) atoms. The van der Waals surface area contributed by atoms with Crippen LogP contribution in [0.2, 0.25) is 0 Å². The molecule has 2 nitrogen and oxygen atoms in total. The molecule has 0 heterocycles. The van der Waals surface area contributed by atoms with Crippen LogP contribution in [0.1, 0.15) is 105 Å². The number of hydrogen-bond acceptors (Lipinski definition) is 1. The van der Waals surface area contributed by atoms with E-state index in [9.17, 15) is 4.79 Å². The van der Waals surface area contributed by atoms with Gasteiger partial charge in [0, 0.05) is 6.42 Å². The monoisotopic (exact) mass is 312 g/mol. The highest BCUT2D eigenvalue weighted by Gasteiger charge is 2.17. The first kappa shape index (κ1) is 21.5. The van der Waals surface area contributed by atoms with Crippen molar-refractivity contribution in [3.05, 3.63) is 0 Å². The normalized spacial score (nSPS) is 13.5. The van der Waals surface area contributed by atoms with Gasteiger partial charge in [0.05, 0.1) is 0 Å². The summed E-state index contributed by atoms with van der Waals surface area (Å²) in [7, 11) is 0. The summed E-state index contributed by atoms with van der Waals surface area (Å²) in [6.45, 7) is 11.8. The second-order valence-electron chi connectivity index (χ2n) is 8.44. The molecule has 0 aromatic heterocycles. The smallest absolute Gasteiger partial charge is 0.303 e. The summed E-state index contributed by atoms with van der Waals surface area (Å²) in [4.78, 5) is 10.5. The van der Waals surface area contributed by atoms with Crippen LogP contribution in [0.5, 0.6) is 0 Å². The Hall–Kier alpha value is -0.530. The molecule has 0 aliphatic carbocycles. The lowest BCUT2D eigenvalue weighted by atomic mass is 9.81. The van der Waals surface area contributed by atoms with Gasteiger partial charge in [0.25, 0.3) is 0 Å². The van der Waals surface area contributed by atoms with Crippen molar-refractivity contribution in [3.8, 4) is 0 Å². The van der Waals surface area contributed by atoms with Gasteiger partial charge in [-0.25, -0.2) is 0 Å². The fourth-order valence-electron chi connectivity index (χ4n) is 3.13. The number of carbonyl (C=O) groups is 1. The maximum atomic E-state index is 10.5. The average Bonchev–Trinajstić information content (AvgIpc) is 2.37. The first-order chi connectivity index (χ1) is 10.2. The maximum absolute atomic E-state index is 10.5. The fourth-order valence-corrected chi connectivity index (χ4v) is 3.13. The summed E-state index contributed by atoms with van der Waals surface area (Å²) in [5.41, 5.74) is 0.418. The molecule has 0 radical (unpaired) electrons. The van der Waals surface area contributed by atoms with Gasteiger partial charge in [0.2, 0.25) is 0 Å². The van der Waals surface area contributed by atoms with Gasteiger partial charge < -0.3 is 5.11 Å². The van der Waals surface area contributed by atoms with E-state index >= 15 is 0 Å². The molecule has 0 aromatic carbocycles. The molecule has 0 fully saturated rings. The minimum atomic E-state index is -0.661. The van der Waals surface area contributed by atoms with Crippen LogP contribution in [-0.2, 0) is 4.79 Å². The van der Waals surface area contributed by atoms with Crippen molar-refractivity contribution in [2.45, 2.75) is 105 Å². The zero-order valence-electron chi connectivity index (χ0n) is 15.8. The van der Waals surface area contributed by atoms with E-state index in [4.69, 9.17) is 5.11 Å². The summed E-state index contributed by atoms with van der Waals surface area (Å²) in [5, 5.41) is 8.63. The zero-order valence-corrected chi connectivity index (χ0v) is 15.8. The quantitative estimate of drug-likeness (QED) is 0.363. The largest absolute Gasteiger partial charge is 0.481 e. The number of hydrogen-bond donors (Lipinski definition) is 1. The Bertz CT molecular complexity index is 281. The molecule has 0 aromatic rings. The summed E-state index contributed by atoms with van der Waals surface area (Å²) < 4.78 is 0. The summed E-state index contributed by atoms with van der Waals surface area (Å²) >= 11 is 0. The Balaban J connectivity index is 3.63. The third kappa shape index (κ3) is 14.4. The third-order valence-electron chi connectivity index (χ3n) is 4.77. The van der Waals surface area contributed by atoms with Crippen molar-refractivity contribution in [3.63, 3.8) is 0 Å². The molecule has 1 atom stereocenters. The van der Waals surface area contributed by atoms with E-state index in [0.29, 0.717) is 11.8 Å². The molecular weight excluding hydrogens is 272 g/mol.